The molecular formula is C17H26N2S. The topological polar surface area (TPSA) is 15.3 Å². The number of rotatable bonds is 6. The first-order valence-electron chi connectivity index (χ1n) is 8.44. The van der Waals surface area contributed by atoms with Gasteiger partial charge in [-0.1, -0.05) is 12.5 Å². The summed E-state index contributed by atoms with van der Waals surface area (Å²) in [7, 11) is 0. The molecule has 0 amide bonds. The number of hydrogen-bond acceptors (Lipinski definition) is 3. The summed E-state index contributed by atoms with van der Waals surface area (Å²) >= 11 is 1.97. The van der Waals surface area contributed by atoms with E-state index < -0.39 is 0 Å². The van der Waals surface area contributed by atoms with Crippen LogP contribution in [0.4, 0.5) is 0 Å². The summed E-state index contributed by atoms with van der Waals surface area (Å²) in [6.45, 7) is 2.51. The fourth-order valence-electron chi connectivity index (χ4n) is 3.77. The van der Waals surface area contributed by atoms with E-state index in [-0.39, 0.29) is 0 Å². The maximum Gasteiger partial charge on any atom is 0.0473 e. The summed E-state index contributed by atoms with van der Waals surface area (Å²) in [5, 5.41) is 6.01. The predicted molar refractivity (Wildman–Crippen MR) is 85.2 cm³/mol. The Kier molecular flexibility index (Phi) is 3.84. The Hall–Kier alpha value is -0.380. The maximum atomic E-state index is 3.75. The summed E-state index contributed by atoms with van der Waals surface area (Å²) in [5.74, 6) is 0.942. The standard InChI is InChI=1S/C17H26N2S/c1-2-10-18-14(4-1)12-19(15-8-9-15)17(13-6-7-13)16-5-3-11-20-16/h3,5,11,13-15,17-18H,1-2,4,6-10,12H2. The van der Waals surface area contributed by atoms with Gasteiger partial charge in [0.15, 0.2) is 0 Å². The van der Waals surface area contributed by atoms with Crippen LogP contribution < -0.4 is 5.32 Å². The van der Waals surface area contributed by atoms with Crippen LogP contribution >= 0.6 is 11.3 Å². The average molecular weight is 290 g/mol. The van der Waals surface area contributed by atoms with Crippen LogP contribution in [0.25, 0.3) is 0 Å². The van der Waals surface area contributed by atoms with Gasteiger partial charge in [-0.2, -0.15) is 0 Å². The van der Waals surface area contributed by atoms with Gasteiger partial charge in [0.1, 0.15) is 0 Å². The number of nitrogens with one attached hydrogen (secondary N) is 1. The lowest BCUT2D eigenvalue weighted by Crippen LogP contribution is -2.46. The van der Waals surface area contributed by atoms with Crippen molar-refractivity contribution < 1.29 is 0 Å². The molecule has 3 heteroatoms. The molecule has 1 saturated heterocycles. The highest BCUT2D eigenvalue weighted by molar-refractivity contribution is 7.10. The quantitative estimate of drug-likeness (QED) is 0.857. The molecule has 0 aromatic carbocycles. The van der Waals surface area contributed by atoms with E-state index in [1.165, 1.54) is 58.0 Å². The molecule has 0 bridgehead atoms. The van der Waals surface area contributed by atoms with Gasteiger partial charge in [0.2, 0.25) is 0 Å². The molecule has 20 heavy (non-hydrogen) atoms. The Morgan fingerprint density at radius 3 is 2.70 bits per heavy atom. The second kappa shape index (κ2) is 5.78. The molecule has 2 atom stereocenters. The van der Waals surface area contributed by atoms with Crippen LogP contribution in [0.5, 0.6) is 0 Å². The Morgan fingerprint density at radius 1 is 1.20 bits per heavy atom. The largest absolute Gasteiger partial charge is 0.313 e. The summed E-state index contributed by atoms with van der Waals surface area (Å²) in [4.78, 5) is 4.50. The van der Waals surface area contributed by atoms with Crippen molar-refractivity contribution in [2.24, 2.45) is 5.92 Å². The zero-order chi connectivity index (χ0) is 13.4. The summed E-state index contributed by atoms with van der Waals surface area (Å²) < 4.78 is 0. The van der Waals surface area contributed by atoms with E-state index in [0.29, 0.717) is 0 Å². The zero-order valence-electron chi connectivity index (χ0n) is 12.3. The van der Waals surface area contributed by atoms with Gasteiger partial charge in [-0.05, 0) is 62.4 Å². The van der Waals surface area contributed by atoms with Crippen LogP contribution in [0.1, 0.15) is 55.9 Å². The van der Waals surface area contributed by atoms with Crippen molar-refractivity contribution in [1.29, 1.82) is 0 Å². The molecule has 110 valence electrons. The van der Waals surface area contributed by atoms with E-state index >= 15 is 0 Å². The van der Waals surface area contributed by atoms with Crippen molar-refractivity contribution >= 4 is 11.3 Å². The molecular weight excluding hydrogens is 264 g/mol. The van der Waals surface area contributed by atoms with Crippen molar-refractivity contribution in [3.63, 3.8) is 0 Å². The van der Waals surface area contributed by atoms with E-state index in [4.69, 9.17) is 0 Å². The maximum absolute atomic E-state index is 3.75. The first-order chi connectivity index (χ1) is 9.92. The normalized spacial score (nSPS) is 28.8. The minimum Gasteiger partial charge on any atom is -0.313 e. The van der Waals surface area contributed by atoms with Gasteiger partial charge in [-0.25, -0.2) is 0 Å². The van der Waals surface area contributed by atoms with Gasteiger partial charge < -0.3 is 5.32 Å². The second-order valence-electron chi connectivity index (χ2n) is 6.87. The minimum absolute atomic E-state index is 0.728. The molecule has 0 spiro atoms. The zero-order valence-corrected chi connectivity index (χ0v) is 13.1. The first-order valence-corrected chi connectivity index (χ1v) is 9.32. The molecule has 3 aliphatic rings. The molecule has 1 aromatic heterocycles. The molecule has 4 rings (SSSR count). The van der Waals surface area contributed by atoms with Gasteiger partial charge in [0.25, 0.3) is 0 Å². The van der Waals surface area contributed by atoms with Crippen LogP contribution in [0.15, 0.2) is 17.5 Å². The third-order valence-electron chi connectivity index (χ3n) is 5.12. The van der Waals surface area contributed by atoms with Gasteiger partial charge >= 0.3 is 0 Å². The smallest absolute Gasteiger partial charge is 0.0473 e. The summed E-state index contributed by atoms with van der Waals surface area (Å²) in [6, 6.07) is 6.96. The lowest BCUT2D eigenvalue weighted by atomic mass is 10.0. The van der Waals surface area contributed by atoms with Gasteiger partial charge in [-0.3, -0.25) is 4.90 Å². The van der Waals surface area contributed by atoms with E-state index in [9.17, 15) is 0 Å². The van der Waals surface area contributed by atoms with Crippen LogP contribution in [0, 0.1) is 5.92 Å². The van der Waals surface area contributed by atoms with E-state index in [1.54, 1.807) is 4.88 Å². The molecule has 3 fully saturated rings. The monoisotopic (exact) mass is 290 g/mol. The number of piperidine rings is 1. The summed E-state index contributed by atoms with van der Waals surface area (Å²) in [6.07, 6.45) is 9.93. The molecule has 1 aliphatic heterocycles. The average Bonchev–Trinajstić information content (AvgIpc) is 3.39. The Balaban J connectivity index is 1.50. The molecule has 1 aromatic rings. The highest BCUT2D eigenvalue weighted by Crippen LogP contribution is 2.49. The molecule has 2 heterocycles. The van der Waals surface area contributed by atoms with Crippen molar-refractivity contribution in [2.75, 3.05) is 13.1 Å². The first kappa shape index (κ1) is 13.3. The molecule has 2 saturated carbocycles. The third kappa shape index (κ3) is 2.95. The van der Waals surface area contributed by atoms with Gasteiger partial charge in [0, 0.05) is 29.5 Å². The number of thiophene rings is 1. The van der Waals surface area contributed by atoms with Crippen LogP contribution in [0.3, 0.4) is 0 Å². The number of hydrogen-bond donors (Lipinski definition) is 1. The SMILES string of the molecule is c1csc(C(C2CC2)N(CC2CCCCN2)C2CC2)c1. The fourth-order valence-corrected chi connectivity index (χ4v) is 4.71. The Morgan fingerprint density at radius 2 is 2.10 bits per heavy atom. The molecule has 2 nitrogen and oxygen atoms in total. The third-order valence-corrected chi connectivity index (χ3v) is 6.06. The van der Waals surface area contributed by atoms with Crippen molar-refractivity contribution in [1.82, 2.24) is 10.2 Å². The van der Waals surface area contributed by atoms with Gasteiger partial charge in [0.05, 0.1) is 0 Å². The van der Waals surface area contributed by atoms with Crippen LogP contribution in [-0.2, 0) is 0 Å². The van der Waals surface area contributed by atoms with Crippen LogP contribution in [-0.4, -0.2) is 30.1 Å². The van der Waals surface area contributed by atoms with E-state index in [1.807, 2.05) is 11.3 Å². The second-order valence-corrected chi connectivity index (χ2v) is 7.85. The molecule has 1 N–H and O–H groups in total. The van der Waals surface area contributed by atoms with Crippen molar-refractivity contribution in [2.45, 2.75) is 63.1 Å². The highest BCUT2D eigenvalue weighted by atomic mass is 32.1. The molecule has 0 radical (unpaired) electrons. The Bertz CT molecular complexity index is 416. The van der Waals surface area contributed by atoms with Crippen LogP contribution in [0.2, 0.25) is 0 Å². The van der Waals surface area contributed by atoms with Crippen molar-refractivity contribution in [3.8, 4) is 0 Å². The lowest BCUT2D eigenvalue weighted by molar-refractivity contribution is 0.143. The summed E-state index contributed by atoms with van der Waals surface area (Å²) in [5.41, 5.74) is 0. The fraction of sp³-hybridized carbons (Fsp3) is 0.765. The van der Waals surface area contributed by atoms with E-state index in [0.717, 1.165) is 24.0 Å². The van der Waals surface area contributed by atoms with Crippen molar-refractivity contribution in [3.05, 3.63) is 22.4 Å². The molecule has 2 unspecified atom stereocenters. The number of nitrogens with zero attached hydrogens (tertiary/aromatic N) is 1. The highest BCUT2D eigenvalue weighted by Gasteiger charge is 2.43. The molecule has 2 aliphatic carbocycles. The Labute approximate surface area is 126 Å². The lowest BCUT2D eigenvalue weighted by Gasteiger charge is -2.36. The minimum atomic E-state index is 0.728. The predicted octanol–water partition coefficient (Wildman–Crippen LogP) is 3.81. The van der Waals surface area contributed by atoms with Gasteiger partial charge in [-0.15, -0.1) is 11.3 Å². The van der Waals surface area contributed by atoms with E-state index in [2.05, 4.69) is 27.7 Å².